The molecular weight excluding hydrogens is 236 g/mol. The summed E-state index contributed by atoms with van der Waals surface area (Å²) in [5.41, 5.74) is 5.78. The fourth-order valence-corrected chi connectivity index (χ4v) is 1.26. The maximum Gasteiger partial charge on any atom is 0.318 e. The van der Waals surface area contributed by atoms with Gasteiger partial charge in [-0.25, -0.2) is 4.79 Å². The minimum Gasteiger partial charge on any atom is -0.495 e. The highest BCUT2D eigenvalue weighted by atomic mass is 16.5. The average molecular weight is 248 g/mol. The normalized spacial score (nSPS) is 9.11. The van der Waals surface area contributed by atoms with Gasteiger partial charge in [-0.05, 0) is 12.1 Å². The molecule has 7 heteroatoms. The van der Waals surface area contributed by atoms with Gasteiger partial charge in [-0.1, -0.05) is 0 Å². The van der Waals surface area contributed by atoms with Gasteiger partial charge in [0.15, 0.2) is 0 Å². The number of urea groups is 1. The quantitative estimate of drug-likeness (QED) is 0.702. The van der Waals surface area contributed by atoms with Crippen molar-refractivity contribution in [1.29, 1.82) is 5.26 Å². The topological polar surface area (TPSA) is 117 Å². The van der Waals surface area contributed by atoms with Crippen molar-refractivity contribution in [3.05, 3.63) is 23.8 Å². The van der Waals surface area contributed by atoms with Crippen LogP contribution < -0.4 is 21.1 Å². The zero-order chi connectivity index (χ0) is 13.5. The third-order valence-electron chi connectivity index (χ3n) is 2.03. The van der Waals surface area contributed by atoms with E-state index >= 15 is 0 Å². The lowest BCUT2D eigenvalue weighted by molar-refractivity contribution is -0.118. The predicted octanol–water partition coefficient (Wildman–Crippen LogP) is 0.174. The van der Waals surface area contributed by atoms with Gasteiger partial charge in [0.05, 0.1) is 31.0 Å². The lowest BCUT2D eigenvalue weighted by Crippen LogP contribution is -2.38. The van der Waals surface area contributed by atoms with Crippen LogP contribution in [0.4, 0.5) is 10.5 Å². The van der Waals surface area contributed by atoms with E-state index in [1.165, 1.54) is 13.2 Å². The van der Waals surface area contributed by atoms with E-state index in [1.54, 1.807) is 12.1 Å². The number of imide groups is 1. The monoisotopic (exact) mass is 248 g/mol. The minimum atomic E-state index is -0.909. The van der Waals surface area contributed by atoms with E-state index in [4.69, 9.17) is 15.7 Å². The summed E-state index contributed by atoms with van der Waals surface area (Å²) in [5.74, 6) is -0.130. The summed E-state index contributed by atoms with van der Waals surface area (Å²) in [7, 11) is 1.45. The van der Waals surface area contributed by atoms with Gasteiger partial charge in [-0.2, -0.15) is 5.26 Å². The Bertz CT molecular complexity index is 508. The molecule has 0 spiro atoms. The number of primary amides is 1. The Balaban J connectivity index is 2.70. The molecule has 1 aromatic rings. The number of methoxy groups -OCH3 is 1. The molecule has 3 amide bonds. The van der Waals surface area contributed by atoms with Crippen LogP contribution in [0.15, 0.2) is 18.2 Å². The van der Waals surface area contributed by atoms with Gasteiger partial charge in [0, 0.05) is 6.07 Å². The van der Waals surface area contributed by atoms with E-state index in [0.717, 1.165) is 0 Å². The molecule has 1 aromatic carbocycles. The van der Waals surface area contributed by atoms with Crippen LogP contribution in [0.5, 0.6) is 5.75 Å². The second-order valence-corrected chi connectivity index (χ2v) is 3.29. The number of benzene rings is 1. The molecule has 18 heavy (non-hydrogen) atoms. The number of hydrogen-bond acceptors (Lipinski definition) is 5. The average Bonchev–Trinajstić information content (AvgIpc) is 2.35. The lowest BCUT2D eigenvalue weighted by atomic mass is 10.2. The van der Waals surface area contributed by atoms with Crippen LogP contribution in [-0.4, -0.2) is 25.6 Å². The molecule has 7 nitrogen and oxygen atoms in total. The summed E-state index contributed by atoms with van der Waals surface area (Å²) in [4.78, 5) is 21.6. The van der Waals surface area contributed by atoms with E-state index in [2.05, 4.69) is 5.32 Å². The van der Waals surface area contributed by atoms with Crippen LogP contribution in [0.1, 0.15) is 5.56 Å². The molecular formula is C11H12N4O3. The van der Waals surface area contributed by atoms with E-state index in [1.807, 2.05) is 11.4 Å². The van der Waals surface area contributed by atoms with Crippen LogP contribution in [-0.2, 0) is 4.79 Å². The van der Waals surface area contributed by atoms with Crippen molar-refractivity contribution in [2.45, 2.75) is 0 Å². The van der Waals surface area contributed by atoms with Crippen molar-refractivity contribution in [3.8, 4) is 11.8 Å². The molecule has 1 rings (SSSR count). The first-order valence-corrected chi connectivity index (χ1v) is 4.98. The number of nitrogens with zero attached hydrogens (tertiary/aromatic N) is 1. The van der Waals surface area contributed by atoms with Gasteiger partial charge in [0.2, 0.25) is 5.91 Å². The Morgan fingerprint density at radius 1 is 1.50 bits per heavy atom. The Labute approximate surface area is 104 Å². The molecule has 0 aliphatic heterocycles. The minimum absolute atomic E-state index is 0.134. The maximum atomic E-state index is 11.2. The van der Waals surface area contributed by atoms with E-state index < -0.39 is 11.9 Å². The number of hydrogen-bond donors (Lipinski definition) is 3. The number of carbonyl (C=O) groups is 2. The first-order valence-electron chi connectivity index (χ1n) is 4.98. The molecule has 0 unspecified atom stereocenters. The van der Waals surface area contributed by atoms with Gasteiger partial charge >= 0.3 is 6.03 Å². The van der Waals surface area contributed by atoms with Gasteiger partial charge in [0.25, 0.3) is 0 Å². The number of nitrogens with two attached hydrogens (primary N) is 1. The van der Waals surface area contributed by atoms with Gasteiger partial charge < -0.3 is 15.8 Å². The molecule has 0 aliphatic rings. The van der Waals surface area contributed by atoms with Crippen molar-refractivity contribution < 1.29 is 14.3 Å². The van der Waals surface area contributed by atoms with Crippen molar-refractivity contribution in [2.75, 3.05) is 19.0 Å². The van der Waals surface area contributed by atoms with E-state index in [9.17, 15) is 9.59 Å². The largest absolute Gasteiger partial charge is 0.495 e. The Morgan fingerprint density at radius 3 is 2.78 bits per heavy atom. The summed E-state index contributed by atoms with van der Waals surface area (Å²) in [6.45, 7) is -0.134. The van der Waals surface area contributed by atoms with Crippen LogP contribution in [0, 0.1) is 11.3 Å². The van der Waals surface area contributed by atoms with Crippen LogP contribution in [0.3, 0.4) is 0 Å². The second-order valence-electron chi connectivity index (χ2n) is 3.29. The number of nitrogens with one attached hydrogen (secondary N) is 2. The molecule has 0 radical (unpaired) electrons. The van der Waals surface area contributed by atoms with Crippen molar-refractivity contribution in [2.24, 2.45) is 5.73 Å². The molecule has 0 atom stereocenters. The third-order valence-corrected chi connectivity index (χ3v) is 2.03. The van der Waals surface area contributed by atoms with Gasteiger partial charge in [0.1, 0.15) is 5.75 Å². The van der Waals surface area contributed by atoms with Crippen LogP contribution >= 0.6 is 0 Å². The van der Waals surface area contributed by atoms with Gasteiger partial charge in [-0.15, -0.1) is 0 Å². The number of rotatable bonds is 4. The molecule has 0 saturated heterocycles. The highest BCUT2D eigenvalue weighted by Crippen LogP contribution is 2.24. The first kappa shape index (κ1) is 13.3. The summed E-state index contributed by atoms with van der Waals surface area (Å²) < 4.78 is 5.06. The third kappa shape index (κ3) is 3.68. The maximum absolute atomic E-state index is 11.2. The zero-order valence-electron chi connectivity index (χ0n) is 9.69. The van der Waals surface area contributed by atoms with Crippen molar-refractivity contribution in [1.82, 2.24) is 5.32 Å². The molecule has 94 valence electrons. The smallest absolute Gasteiger partial charge is 0.318 e. The van der Waals surface area contributed by atoms with Crippen molar-refractivity contribution >= 4 is 17.6 Å². The standard InChI is InChI=1S/C11H12N4O3/c1-18-9-4-7(5-12)2-3-8(9)14-6-10(16)15-11(13)17/h2-4,14H,6H2,1H3,(H3,13,15,16,17). The fourth-order valence-electron chi connectivity index (χ4n) is 1.26. The Morgan fingerprint density at radius 2 is 2.22 bits per heavy atom. The Hall–Kier alpha value is -2.75. The van der Waals surface area contributed by atoms with Gasteiger partial charge in [-0.3, -0.25) is 10.1 Å². The molecule has 0 saturated carbocycles. The SMILES string of the molecule is COc1cc(C#N)ccc1NCC(=O)NC(N)=O. The zero-order valence-corrected chi connectivity index (χ0v) is 9.69. The number of amides is 3. The van der Waals surface area contributed by atoms with E-state index in [0.29, 0.717) is 17.0 Å². The number of nitriles is 1. The van der Waals surface area contributed by atoms with Crippen molar-refractivity contribution in [3.63, 3.8) is 0 Å². The Kier molecular flexibility index (Phi) is 4.51. The number of ether oxygens (including phenoxy) is 1. The summed E-state index contributed by atoms with van der Waals surface area (Å²) in [6.07, 6.45) is 0. The molecule has 0 heterocycles. The lowest BCUT2D eigenvalue weighted by Gasteiger charge is -2.10. The van der Waals surface area contributed by atoms with Crippen LogP contribution in [0.2, 0.25) is 0 Å². The molecule has 0 bridgehead atoms. The fraction of sp³-hybridized carbons (Fsp3) is 0.182. The molecule has 0 aromatic heterocycles. The number of anilines is 1. The molecule has 0 aliphatic carbocycles. The second kappa shape index (κ2) is 6.10. The summed E-state index contributed by atoms with van der Waals surface area (Å²) >= 11 is 0. The number of carbonyl (C=O) groups excluding carboxylic acids is 2. The molecule has 4 N–H and O–H groups in total. The highest BCUT2D eigenvalue weighted by Gasteiger charge is 2.07. The van der Waals surface area contributed by atoms with E-state index in [-0.39, 0.29) is 6.54 Å². The summed E-state index contributed by atoms with van der Waals surface area (Å²) in [6, 6.07) is 5.79. The molecule has 0 fully saturated rings. The first-order chi connectivity index (χ1) is 8.56. The highest BCUT2D eigenvalue weighted by molar-refractivity contribution is 5.95. The predicted molar refractivity (Wildman–Crippen MR) is 63.9 cm³/mol. The summed E-state index contributed by atoms with van der Waals surface area (Å²) in [5, 5.41) is 13.4. The van der Waals surface area contributed by atoms with Crippen LogP contribution in [0.25, 0.3) is 0 Å².